The molecule has 2 unspecified atom stereocenters. The van der Waals surface area contributed by atoms with E-state index in [-0.39, 0.29) is 11.8 Å². The summed E-state index contributed by atoms with van der Waals surface area (Å²) in [6.07, 6.45) is 10.6. The average Bonchev–Trinajstić information content (AvgIpc) is 3.36. The molecule has 45 heavy (non-hydrogen) atoms. The molecule has 0 spiro atoms. The summed E-state index contributed by atoms with van der Waals surface area (Å²) in [6.45, 7) is 1.42. The Hall–Kier alpha value is -4.20. The number of nitrogens with one attached hydrogen (secondary N) is 3. The van der Waals surface area contributed by atoms with E-state index in [0.29, 0.717) is 54.2 Å². The van der Waals surface area contributed by atoms with E-state index >= 15 is 0 Å². The van der Waals surface area contributed by atoms with Gasteiger partial charge in [-0.2, -0.15) is 0 Å². The Morgan fingerprint density at radius 3 is 2.64 bits per heavy atom. The molecule has 2 atom stereocenters. The molecule has 1 saturated heterocycles. The van der Waals surface area contributed by atoms with Crippen molar-refractivity contribution >= 4 is 23.2 Å². The SMILES string of the molecule is COc1cc(/C(N)=C/NC2CCC(NCCCCCC#Cc3ccc4c(c3)CN(C3CCC(O)NC3=O)C4=O)CC2)ccc1N. The number of aliphatic hydroxyl groups excluding tert-OH is 1. The van der Waals surface area contributed by atoms with Gasteiger partial charge in [-0.25, -0.2) is 0 Å². The van der Waals surface area contributed by atoms with Gasteiger partial charge in [0.1, 0.15) is 18.0 Å². The third-order valence-electron chi connectivity index (χ3n) is 9.05. The van der Waals surface area contributed by atoms with E-state index in [2.05, 4.69) is 27.8 Å². The average molecular weight is 615 g/mol. The molecule has 2 amide bonds. The fourth-order valence-corrected chi connectivity index (χ4v) is 6.38. The number of nitrogens with two attached hydrogens (primary N) is 2. The molecule has 5 rings (SSSR count). The first-order valence-electron chi connectivity index (χ1n) is 16.1. The number of aliphatic hydroxyl groups is 1. The first kappa shape index (κ1) is 32.2. The van der Waals surface area contributed by atoms with Crippen molar-refractivity contribution in [3.8, 4) is 17.6 Å². The van der Waals surface area contributed by atoms with E-state index in [0.717, 1.165) is 74.6 Å². The Kier molecular flexibility index (Phi) is 10.9. The maximum absolute atomic E-state index is 12.9. The number of unbranched alkanes of at least 4 members (excludes halogenated alkanes) is 3. The first-order valence-corrected chi connectivity index (χ1v) is 16.1. The van der Waals surface area contributed by atoms with E-state index in [1.165, 1.54) is 0 Å². The Morgan fingerprint density at radius 1 is 1.07 bits per heavy atom. The molecule has 2 heterocycles. The summed E-state index contributed by atoms with van der Waals surface area (Å²) < 4.78 is 5.30. The summed E-state index contributed by atoms with van der Waals surface area (Å²) in [6, 6.07) is 11.7. The van der Waals surface area contributed by atoms with Crippen LogP contribution < -0.4 is 32.2 Å². The third-order valence-corrected chi connectivity index (χ3v) is 9.05. The minimum Gasteiger partial charge on any atom is -0.495 e. The molecule has 1 saturated carbocycles. The number of benzene rings is 2. The quantitative estimate of drug-likeness (QED) is 0.128. The van der Waals surface area contributed by atoms with E-state index in [9.17, 15) is 14.7 Å². The molecule has 3 aliphatic rings. The number of nitrogens with zero attached hydrogens (tertiary/aromatic N) is 1. The van der Waals surface area contributed by atoms with Crippen LogP contribution in [-0.4, -0.2) is 59.8 Å². The highest BCUT2D eigenvalue weighted by Gasteiger charge is 2.39. The van der Waals surface area contributed by atoms with Crippen LogP contribution in [0.15, 0.2) is 42.6 Å². The van der Waals surface area contributed by atoms with Gasteiger partial charge in [0.05, 0.1) is 18.5 Å². The second-order valence-electron chi connectivity index (χ2n) is 12.3. The smallest absolute Gasteiger partial charge is 0.255 e. The number of anilines is 1. The van der Waals surface area contributed by atoms with Crippen LogP contribution in [0.4, 0.5) is 5.69 Å². The zero-order chi connectivity index (χ0) is 31.8. The lowest BCUT2D eigenvalue weighted by molar-refractivity contribution is -0.132. The van der Waals surface area contributed by atoms with Crippen molar-refractivity contribution in [1.82, 2.24) is 20.9 Å². The summed E-state index contributed by atoms with van der Waals surface area (Å²) >= 11 is 0. The zero-order valence-corrected chi connectivity index (χ0v) is 26.1. The lowest BCUT2D eigenvalue weighted by Crippen LogP contribution is -2.54. The van der Waals surface area contributed by atoms with E-state index in [1.54, 1.807) is 12.0 Å². The molecule has 0 bridgehead atoms. The van der Waals surface area contributed by atoms with Gasteiger partial charge < -0.3 is 42.2 Å². The summed E-state index contributed by atoms with van der Waals surface area (Å²) in [5, 5.41) is 19.4. The number of carbonyl (C=O) groups is 2. The summed E-state index contributed by atoms with van der Waals surface area (Å²) in [7, 11) is 1.60. The molecular weight excluding hydrogens is 568 g/mol. The molecule has 240 valence electrons. The van der Waals surface area contributed by atoms with Crippen molar-refractivity contribution in [2.75, 3.05) is 19.4 Å². The van der Waals surface area contributed by atoms with Gasteiger partial charge in [-0.05, 0) is 93.8 Å². The summed E-state index contributed by atoms with van der Waals surface area (Å²) in [5.74, 6) is 6.73. The predicted octanol–water partition coefficient (Wildman–Crippen LogP) is 3.19. The van der Waals surface area contributed by atoms with Crippen molar-refractivity contribution in [1.29, 1.82) is 0 Å². The number of hydrogen-bond donors (Lipinski definition) is 6. The van der Waals surface area contributed by atoms with Gasteiger partial charge in [0.15, 0.2) is 0 Å². The standard InChI is InChI=1S/C35H46N6O4/c1-45-32-20-24(9-15-29(32)36)30(37)21-39-27-12-10-26(11-13-27)38-18-6-4-2-3-5-7-23-8-14-28-25(19-23)22-41(35(28)44)31-16-17-33(42)40-34(31)43/h8-9,14-15,19-21,26-27,31,33,38-39,42H,2-4,6,10-13,16-18,22,36-37H2,1H3,(H,40,43)/b30-21-. The number of piperidine rings is 1. The van der Waals surface area contributed by atoms with Crippen molar-refractivity contribution in [3.05, 3.63) is 64.9 Å². The molecule has 2 aliphatic heterocycles. The number of amides is 2. The van der Waals surface area contributed by atoms with Crippen molar-refractivity contribution in [3.63, 3.8) is 0 Å². The lowest BCUT2D eigenvalue weighted by Gasteiger charge is -2.32. The van der Waals surface area contributed by atoms with E-state index in [4.69, 9.17) is 16.2 Å². The fraction of sp³-hybridized carbons (Fsp3) is 0.486. The number of nitrogen functional groups attached to an aromatic ring is 1. The van der Waals surface area contributed by atoms with Gasteiger partial charge in [0, 0.05) is 47.9 Å². The number of rotatable bonds is 11. The molecule has 0 aromatic heterocycles. The number of ether oxygens (including phenoxy) is 1. The van der Waals surface area contributed by atoms with Crippen molar-refractivity contribution < 1.29 is 19.4 Å². The highest BCUT2D eigenvalue weighted by Crippen LogP contribution is 2.29. The Bertz CT molecular complexity index is 1460. The van der Waals surface area contributed by atoms with Gasteiger partial charge >= 0.3 is 0 Å². The van der Waals surface area contributed by atoms with Gasteiger partial charge in [0.25, 0.3) is 5.91 Å². The van der Waals surface area contributed by atoms with Gasteiger partial charge in [-0.3, -0.25) is 9.59 Å². The van der Waals surface area contributed by atoms with Gasteiger partial charge in [-0.1, -0.05) is 24.3 Å². The van der Waals surface area contributed by atoms with E-state index < -0.39 is 12.3 Å². The molecule has 10 heteroatoms. The Balaban J connectivity index is 0.951. The minimum atomic E-state index is -0.830. The molecular formula is C35H46N6O4. The molecule has 2 fully saturated rings. The Labute approximate surface area is 265 Å². The molecule has 0 radical (unpaired) electrons. The van der Waals surface area contributed by atoms with Crippen LogP contribution in [0.1, 0.15) is 91.3 Å². The van der Waals surface area contributed by atoms with Crippen LogP contribution >= 0.6 is 0 Å². The highest BCUT2D eigenvalue weighted by molar-refractivity contribution is 6.01. The maximum atomic E-state index is 12.9. The van der Waals surface area contributed by atoms with E-state index in [1.807, 2.05) is 42.6 Å². The van der Waals surface area contributed by atoms with Gasteiger partial charge in [0.2, 0.25) is 5.91 Å². The van der Waals surface area contributed by atoms with Crippen LogP contribution in [0.25, 0.3) is 5.70 Å². The van der Waals surface area contributed by atoms with Gasteiger partial charge in [-0.15, -0.1) is 0 Å². The monoisotopic (exact) mass is 614 g/mol. The summed E-state index contributed by atoms with van der Waals surface area (Å²) in [5.41, 5.74) is 16.8. The van der Waals surface area contributed by atoms with Crippen LogP contribution in [0.5, 0.6) is 5.75 Å². The summed E-state index contributed by atoms with van der Waals surface area (Å²) in [4.78, 5) is 26.8. The molecule has 10 nitrogen and oxygen atoms in total. The number of carbonyl (C=O) groups excluding carboxylic acids is 2. The van der Waals surface area contributed by atoms with Crippen LogP contribution in [0.2, 0.25) is 0 Å². The topological polar surface area (TPSA) is 155 Å². The van der Waals surface area contributed by atoms with Crippen LogP contribution in [0.3, 0.4) is 0 Å². The maximum Gasteiger partial charge on any atom is 0.255 e. The highest BCUT2D eigenvalue weighted by atomic mass is 16.5. The van der Waals surface area contributed by atoms with Crippen LogP contribution in [0, 0.1) is 11.8 Å². The van der Waals surface area contributed by atoms with Crippen molar-refractivity contribution in [2.45, 2.75) is 95.1 Å². The fourth-order valence-electron chi connectivity index (χ4n) is 6.38. The lowest BCUT2D eigenvalue weighted by atomic mass is 9.91. The first-order chi connectivity index (χ1) is 21.8. The molecule has 2 aromatic carbocycles. The third kappa shape index (κ3) is 8.29. The largest absolute Gasteiger partial charge is 0.495 e. The van der Waals surface area contributed by atoms with Crippen LogP contribution in [-0.2, 0) is 11.3 Å². The number of hydrogen-bond acceptors (Lipinski definition) is 8. The number of methoxy groups -OCH3 is 1. The second kappa shape index (κ2) is 15.2. The molecule has 2 aromatic rings. The minimum absolute atomic E-state index is 0.131. The molecule has 8 N–H and O–H groups in total. The number of fused-ring (bicyclic) bond motifs is 1. The Morgan fingerprint density at radius 2 is 1.87 bits per heavy atom. The second-order valence-corrected chi connectivity index (χ2v) is 12.3. The molecule has 1 aliphatic carbocycles. The zero-order valence-electron chi connectivity index (χ0n) is 26.1. The predicted molar refractivity (Wildman–Crippen MR) is 176 cm³/mol. The normalized spacial score (nSPS) is 23.2. The van der Waals surface area contributed by atoms with Crippen molar-refractivity contribution in [2.24, 2.45) is 5.73 Å².